The number of hydrogen-bond acceptors (Lipinski definition) is 2. The van der Waals surface area contributed by atoms with Crippen molar-refractivity contribution in [1.82, 2.24) is 0 Å². The Hall–Kier alpha value is -1.06. The summed E-state index contributed by atoms with van der Waals surface area (Å²) >= 11 is 3.43. The number of nitrogens with two attached hydrogens (primary N) is 1. The van der Waals surface area contributed by atoms with Crippen LogP contribution in [-0.2, 0) is 0 Å². The van der Waals surface area contributed by atoms with Gasteiger partial charge in [0.2, 0.25) is 0 Å². The lowest BCUT2D eigenvalue weighted by Crippen LogP contribution is -2.12. The van der Waals surface area contributed by atoms with Crippen LogP contribution in [0.25, 0.3) is 0 Å². The van der Waals surface area contributed by atoms with E-state index in [-0.39, 0.29) is 6.04 Å². The molecule has 1 aromatic carbocycles. The molecule has 0 bridgehead atoms. The molecule has 15 heavy (non-hydrogen) atoms. The van der Waals surface area contributed by atoms with Gasteiger partial charge in [0.1, 0.15) is 5.76 Å². The second kappa shape index (κ2) is 4.21. The lowest BCUT2D eigenvalue weighted by Gasteiger charge is -2.12. The summed E-state index contributed by atoms with van der Waals surface area (Å²) in [6.07, 6.45) is 1.64. The molecular formula is C12H12BrNO. The van der Waals surface area contributed by atoms with Gasteiger partial charge in [0, 0.05) is 4.47 Å². The van der Waals surface area contributed by atoms with Crippen LogP contribution in [0.15, 0.2) is 45.5 Å². The first-order valence-corrected chi connectivity index (χ1v) is 5.53. The maximum absolute atomic E-state index is 6.10. The highest BCUT2D eigenvalue weighted by atomic mass is 79.9. The van der Waals surface area contributed by atoms with Crippen LogP contribution in [0, 0.1) is 6.92 Å². The highest BCUT2D eigenvalue weighted by Gasteiger charge is 2.13. The molecule has 2 nitrogen and oxygen atoms in total. The first kappa shape index (κ1) is 10.5. The Kier molecular flexibility index (Phi) is 2.93. The molecule has 0 saturated heterocycles. The predicted octanol–water partition coefficient (Wildman–Crippen LogP) is 3.40. The van der Waals surface area contributed by atoms with E-state index in [1.807, 2.05) is 31.2 Å². The monoisotopic (exact) mass is 265 g/mol. The zero-order valence-corrected chi connectivity index (χ0v) is 9.99. The summed E-state index contributed by atoms with van der Waals surface area (Å²) in [5, 5.41) is 0. The number of hydrogen-bond donors (Lipinski definition) is 1. The summed E-state index contributed by atoms with van der Waals surface area (Å²) in [4.78, 5) is 0. The zero-order valence-electron chi connectivity index (χ0n) is 8.41. The second-order valence-electron chi connectivity index (χ2n) is 3.49. The highest BCUT2D eigenvalue weighted by molar-refractivity contribution is 9.10. The van der Waals surface area contributed by atoms with Gasteiger partial charge in [0.15, 0.2) is 0 Å². The molecule has 0 aliphatic rings. The topological polar surface area (TPSA) is 39.2 Å². The normalized spacial score (nSPS) is 12.7. The summed E-state index contributed by atoms with van der Waals surface area (Å²) in [6.45, 7) is 2.04. The highest BCUT2D eigenvalue weighted by Crippen LogP contribution is 2.25. The van der Waals surface area contributed by atoms with Crippen LogP contribution >= 0.6 is 15.9 Å². The number of halogens is 1. The van der Waals surface area contributed by atoms with Crippen molar-refractivity contribution >= 4 is 15.9 Å². The van der Waals surface area contributed by atoms with Crippen molar-refractivity contribution < 1.29 is 4.42 Å². The SMILES string of the molecule is Cc1cc(Br)ccc1C(N)c1ccco1. The first-order chi connectivity index (χ1) is 7.18. The van der Waals surface area contributed by atoms with E-state index in [4.69, 9.17) is 10.2 Å². The Morgan fingerprint density at radius 2 is 2.13 bits per heavy atom. The Labute approximate surface area is 97.2 Å². The minimum absolute atomic E-state index is 0.187. The van der Waals surface area contributed by atoms with E-state index in [0.717, 1.165) is 21.4 Å². The van der Waals surface area contributed by atoms with E-state index >= 15 is 0 Å². The summed E-state index contributed by atoms with van der Waals surface area (Å²) in [5.74, 6) is 0.792. The average molecular weight is 266 g/mol. The van der Waals surface area contributed by atoms with Gasteiger partial charge in [-0.05, 0) is 42.3 Å². The molecular weight excluding hydrogens is 254 g/mol. The van der Waals surface area contributed by atoms with E-state index in [2.05, 4.69) is 22.0 Å². The molecule has 0 radical (unpaired) electrons. The summed E-state index contributed by atoms with van der Waals surface area (Å²) in [7, 11) is 0. The second-order valence-corrected chi connectivity index (χ2v) is 4.41. The molecule has 78 valence electrons. The maximum Gasteiger partial charge on any atom is 0.125 e. The molecule has 2 rings (SSSR count). The predicted molar refractivity (Wildman–Crippen MR) is 63.6 cm³/mol. The van der Waals surface area contributed by atoms with Gasteiger partial charge in [-0.3, -0.25) is 0 Å². The minimum Gasteiger partial charge on any atom is -0.467 e. The van der Waals surface area contributed by atoms with Crippen LogP contribution in [0.5, 0.6) is 0 Å². The van der Waals surface area contributed by atoms with E-state index in [1.165, 1.54) is 0 Å². The molecule has 1 heterocycles. The molecule has 0 saturated carbocycles. The average Bonchev–Trinajstić information content (AvgIpc) is 2.69. The molecule has 1 unspecified atom stereocenters. The molecule has 1 atom stereocenters. The van der Waals surface area contributed by atoms with Crippen LogP contribution in [0.4, 0.5) is 0 Å². The van der Waals surface area contributed by atoms with Crippen molar-refractivity contribution in [3.05, 3.63) is 58.0 Å². The van der Waals surface area contributed by atoms with Crippen molar-refractivity contribution in [2.75, 3.05) is 0 Å². The third kappa shape index (κ3) is 2.13. The molecule has 0 aliphatic heterocycles. The number of aryl methyl sites for hydroxylation is 1. The summed E-state index contributed by atoms with van der Waals surface area (Å²) in [6, 6.07) is 9.62. The Bertz CT molecular complexity index is 451. The van der Waals surface area contributed by atoms with E-state index < -0.39 is 0 Å². The smallest absolute Gasteiger partial charge is 0.125 e. The van der Waals surface area contributed by atoms with E-state index in [9.17, 15) is 0 Å². The third-order valence-corrected chi connectivity index (χ3v) is 2.91. The third-order valence-electron chi connectivity index (χ3n) is 2.42. The van der Waals surface area contributed by atoms with Crippen LogP contribution in [0.1, 0.15) is 22.9 Å². The maximum atomic E-state index is 6.10. The number of benzene rings is 1. The van der Waals surface area contributed by atoms with Crippen LogP contribution in [0.2, 0.25) is 0 Å². The van der Waals surface area contributed by atoms with Crippen molar-refractivity contribution in [2.45, 2.75) is 13.0 Å². The van der Waals surface area contributed by atoms with Gasteiger partial charge < -0.3 is 10.2 Å². The van der Waals surface area contributed by atoms with Crippen molar-refractivity contribution in [3.63, 3.8) is 0 Å². The summed E-state index contributed by atoms with van der Waals surface area (Å²) < 4.78 is 6.36. The van der Waals surface area contributed by atoms with Crippen molar-refractivity contribution in [1.29, 1.82) is 0 Å². The minimum atomic E-state index is -0.187. The fraction of sp³-hybridized carbons (Fsp3) is 0.167. The van der Waals surface area contributed by atoms with Crippen molar-refractivity contribution in [3.8, 4) is 0 Å². The molecule has 3 heteroatoms. The Balaban J connectivity index is 2.38. The molecule has 2 aromatic rings. The van der Waals surface area contributed by atoms with Gasteiger partial charge in [-0.25, -0.2) is 0 Å². The van der Waals surface area contributed by atoms with E-state index in [0.29, 0.717) is 0 Å². The van der Waals surface area contributed by atoms with Crippen LogP contribution < -0.4 is 5.73 Å². The van der Waals surface area contributed by atoms with Gasteiger partial charge in [0.25, 0.3) is 0 Å². The quantitative estimate of drug-likeness (QED) is 0.904. The van der Waals surface area contributed by atoms with Gasteiger partial charge in [-0.15, -0.1) is 0 Å². The standard InChI is InChI=1S/C12H12BrNO/c1-8-7-9(13)4-5-10(8)12(14)11-3-2-6-15-11/h2-7,12H,14H2,1H3. The van der Waals surface area contributed by atoms with Gasteiger partial charge in [-0.1, -0.05) is 22.0 Å². The Morgan fingerprint density at radius 3 is 2.73 bits per heavy atom. The molecule has 0 amide bonds. The largest absolute Gasteiger partial charge is 0.467 e. The Morgan fingerprint density at radius 1 is 1.33 bits per heavy atom. The molecule has 0 spiro atoms. The number of furan rings is 1. The van der Waals surface area contributed by atoms with E-state index in [1.54, 1.807) is 6.26 Å². The lowest BCUT2D eigenvalue weighted by molar-refractivity contribution is 0.489. The molecule has 0 aliphatic carbocycles. The van der Waals surface area contributed by atoms with Crippen molar-refractivity contribution in [2.24, 2.45) is 5.73 Å². The van der Waals surface area contributed by atoms with Crippen LogP contribution in [0.3, 0.4) is 0 Å². The molecule has 2 N–H and O–H groups in total. The number of rotatable bonds is 2. The van der Waals surface area contributed by atoms with Gasteiger partial charge in [0.05, 0.1) is 12.3 Å². The summed E-state index contributed by atoms with van der Waals surface area (Å²) in [5.41, 5.74) is 8.35. The fourth-order valence-corrected chi connectivity index (χ4v) is 2.09. The van der Waals surface area contributed by atoms with Gasteiger partial charge in [-0.2, -0.15) is 0 Å². The first-order valence-electron chi connectivity index (χ1n) is 4.73. The van der Waals surface area contributed by atoms with Gasteiger partial charge >= 0.3 is 0 Å². The fourth-order valence-electron chi connectivity index (χ4n) is 1.61. The molecule has 0 fully saturated rings. The molecule has 1 aromatic heterocycles. The zero-order chi connectivity index (χ0) is 10.8. The lowest BCUT2D eigenvalue weighted by atomic mass is 10.0. The van der Waals surface area contributed by atoms with Crippen LogP contribution in [-0.4, -0.2) is 0 Å².